The van der Waals surface area contributed by atoms with Crippen LogP contribution in [0.3, 0.4) is 0 Å². The number of pyridine rings is 2. The highest BCUT2D eigenvalue weighted by Crippen LogP contribution is 2.39. The molecule has 0 aliphatic rings. The largest absolute Gasteiger partial charge is 0.329 e. The maximum absolute atomic E-state index is 4.50. The van der Waals surface area contributed by atoms with Crippen LogP contribution in [-0.2, 0) is 0 Å². The van der Waals surface area contributed by atoms with Gasteiger partial charge in [-0.05, 0) is 84.9 Å². The van der Waals surface area contributed by atoms with Gasteiger partial charge >= 0.3 is 0 Å². The third kappa shape index (κ3) is 6.29. The van der Waals surface area contributed by atoms with E-state index in [-0.39, 0.29) is 0 Å². The van der Waals surface area contributed by atoms with Crippen molar-refractivity contribution in [1.29, 1.82) is 0 Å². The number of hydrogen-bond donors (Lipinski definition) is 0. The predicted molar refractivity (Wildman–Crippen MR) is 198 cm³/mol. The van der Waals surface area contributed by atoms with Crippen molar-refractivity contribution in [3.63, 3.8) is 0 Å². The maximum Gasteiger partial charge on any atom is 0.273 e. The summed E-state index contributed by atoms with van der Waals surface area (Å²) in [5.74, 6) is 2.20. The molecule has 4 aromatic heterocycles. The van der Waals surface area contributed by atoms with E-state index in [1.165, 1.54) is 6.33 Å². The molecule has 4 heterocycles. The first-order valence-electron chi connectivity index (χ1n) is 15.5. The minimum absolute atomic E-state index is 0.421. The Kier molecular flexibility index (Phi) is 8.34. The highest BCUT2D eigenvalue weighted by molar-refractivity contribution is 7.99. The molecule has 9 nitrogen and oxygen atoms in total. The van der Waals surface area contributed by atoms with Crippen molar-refractivity contribution in [2.75, 3.05) is 23.9 Å². The summed E-state index contributed by atoms with van der Waals surface area (Å²) in [4.78, 5) is 17.6. The van der Waals surface area contributed by atoms with E-state index in [0.717, 1.165) is 64.4 Å². The van der Waals surface area contributed by atoms with Crippen molar-refractivity contribution < 1.29 is 0 Å². The molecule has 0 fully saturated rings. The average molecular weight is 676 g/mol. The van der Waals surface area contributed by atoms with Crippen LogP contribution in [0.4, 0.5) is 23.0 Å². The van der Waals surface area contributed by atoms with Crippen molar-refractivity contribution in [2.45, 2.75) is 19.6 Å². The summed E-state index contributed by atoms with van der Waals surface area (Å²) in [5, 5.41) is 19.1. The molecule has 49 heavy (non-hydrogen) atoms. The zero-order valence-corrected chi connectivity index (χ0v) is 28.3. The second-order valence-corrected chi connectivity index (χ2v) is 13.5. The molecule has 238 valence electrons. The minimum Gasteiger partial charge on any atom is -0.329 e. The molecule has 0 aliphatic carbocycles. The Morgan fingerprint density at radius 1 is 0.510 bits per heavy atom. The molecule has 0 aliphatic heterocycles. The third-order valence-corrected chi connectivity index (χ3v) is 10.1. The van der Waals surface area contributed by atoms with E-state index in [1.54, 1.807) is 23.5 Å². The maximum atomic E-state index is 4.50. The van der Waals surface area contributed by atoms with Gasteiger partial charge in [-0.25, -0.2) is 9.97 Å². The average Bonchev–Trinajstić information content (AvgIpc) is 3.48. The monoisotopic (exact) mass is 675 g/mol. The first kappa shape index (κ1) is 30.5. The molecule has 0 spiro atoms. The van der Waals surface area contributed by atoms with E-state index >= 15 is 0 Å². The van der Waals surface area contributed by atoms with Gasteiger partial charge in [0.2, 0.25) is 0 Å². The van der Waals surface area contributed by atoms with Gasteiger partial charge in [0.05, 0.1) is 11.0 Å². The van der Waals surface area contributed by atoms with Crippen molar-refractivity contribution in [1.82, 2.24) is 34.9 Å². The fourth-order valence-electron chi connectivity index (χ4n) is 5.76. The van der Waals surface area contributed by atoms with E-state index in [2.05, 4.69) is 130 Å². The van der Waals surface area contributed by atoms with Crippen LogP contribution in [0, 0.1) is 0 Å². The summed E-state index contributed by atoms with van der Waals surface area (Å²) >= 11 is 3.41. The fourth-order valence-corrected chi connectivity index (χ4v) is 7.57. The second kappa shape index (κ2) is 13.4. The fraction of sp³-hybridized carbons (Fsp3) is 0.0526. The van der Waals surface area contributed by atoms with E-state index < -0.39 is 0 Å². The van der Waals surface area contributed by atoms with Crippen LogP contribution >= 0.6 is 23.5 Å². The molecule has 0 bridgehead atoms. The van der Waals surface area contributed by atoms with Gasteiger partial charge in [0, 0.05) is 68.2 Å². The van der Waals surface area contributed by atoms with Crippen molar-refractivity contribution in [3.05, 3.63) is 140 Å². The second-order valence-electron chi connectivity index (χ2n) is 11.2. The number of anilines is 4. The van der Waals surface area contributed by atoms with Crippen LogP contribution in [0.2, 0.25) is 0 Å². The predicted octanol–water partition coefficient (Wildman–Crippen LogP) is 8.99. The van der Waals surface area contributed by atoms with Gasteiger partial charge in [-0.2, -0.15) is 0 Å². The van der Waals surface area contributed by atoms with Gasteiger partial charge in [0.25, 0.3) is 5.95 Å². The third-order valence-electron chi connectivity index (χ3n) is 8.18. The standard InChI is InChI=1S/C38H29N9S2/c1-45(36-13-3-5-19-39-36)26-9-7-11-28(21-26)48-30-15-17-32-33-18-16-31(24-35(33)47(34(32)23-30)38-43-41-25-42-44-38)49-29-12-8-10-27(22-29)46(2)37-14-4-6-20-40-37/h3-25H,1-2H3. The highest BCUT2D eigenvalue weighted by Gasteiger charge is 2.17. The summed E-state index contributed by atoms with van der Waals surface area (Å²) in [6.45, 7) is 0. The Morgan fingerprint density at radius 2 is 1.00 bits per heavy atom. The zero-order chi connectivity index (χ0) is 33.2. The number of benzene rings is 4. The van der Waals surface area contributed by atoms with Gasteiger partial charge in [-0.3, -0.25) is 4.57 Å². The molecule has 0 amide bonds. The quantitative estimate of drug-likeness (QED) is 0.148. The SMILES string of the molecule is CN(c1cccc(Sc2ccc3c4ccc(Sc5cccc(N(C)c6ccccn6)c5)cc4n(-c4nncnn4)c3c2)c1)c1ccccn1. The molecule has 0 N–H and O–H groups in total. The Morgan fingerprint density at radius 3 is 1.47 bits per heavy atom. The van der Waals surface area contributed by atoms with Crippen molar-refractivity contribution in [3.8, 4) is 5.95 Å². The summed E-state index contributed by atoms with van der Waals surface area (Å²) in [5.41, 5.74) is 4.09. The van der Waals surface area contributed by atoms with Crippen molar-refractivity contribution in [2.24, 2.45) is 0 Å². The normalized spacial score (nSPS) is 11.2. The van der Waals surface area contributed by atoms with Gasteiger partial charge in [-0.1, -0.05) is 59.9 Å². The van der Waals surface area contributed by atoms with Crippen LogP contribution in [0.1, 0.15) is 0 Å². The molecule has 8 aromatic rings. The number of hydrogen-bond acceptors (Lipinski definition) is 10. The van der Waals surface area contributed by atoms with Crippen LogP contribution in [-0.4, -0.2) is 49.0 Å². The lowest BCUT2D eigenvalue weighted by Gasteiger charge is -2.18. The molecule has 0 radical (unpaired) electrons. The highest BCUT2D eigenvalue weighted by atomic mass is 32.2. The molecular formula is C38H29N9S2. The smallest absolute Gasteiger partial charge is 0.273 e. The number of nitrogens with zero attached hydrogens (tertiary/aromatic N) is 9. The summed E-state index contributed by atoms with van der Waals surface area (Å²) < 4.78 is 2.05. The van der Waals surface area contributed by atoms with E-state index in [9.17, 15) is 0 Å². The Bertz CT molecular complexity index is 2240. The van der Waals surface area contributed by atoms with Crippen LogP contribution in [0.5, 0.6) is 0 Å². The molecule has 0 saturated carbocycles. The topological polar surface area (TPSA) is 88.8 Å². The first-order valence-corrected chi connectivity index (χ1v) is 17.2. The van der Waals surface area contributed by atoms with Crippen molar-refractivity contribution >= 4 is 68.3 Å². The minimum atomic E-state index is 0.421. The van der Waals surface area contributed by atoms with E-state index in [1.807, 2.05) is 62.9 Å². The molecule has 0 atom stereocenters. The van der Waals surface area contributed by atoms with Gasteiger partial charge in [0.1, 0.15) is 11.6 Å². The number of fused-ring (bicyclic) bond motifs is 3. The molecule has 11 heteroatoms. The summed E-state index contributed by atoms with van der Waals surface area (Å²) in [6, 6.07) is 41.9. The summed E-state index contributed by atoms with van der Waals surface area (Å²) in [6.07, 6.45) is 4.97. The molecular weight excluding hydrogens is 647 g/mol. The lowest BCUT2D eigenvalue weighted by molar-refractivity contribution is 0.801. The molecule has 0 saturated heterocycles. The molecule has 4 aromatic carbocycles. The first-order chi connectivity index (χ1) is 24.1. The number of rotatable bonds is 9. The van der Waals surface area contributed by atoms with E-state index in [0.29, 0.717) is 5.95 Å². The molecule has 0 unspecified atom stereocenters. The van der Waals surface area contributed by atoms with Crippen LogP contribution in [0.25, 0.3) is 27.8 Å². The molecule has 8 rings (SSSR count). The van der Waals surface area contributed by atoms with Gasteiger partial charge in [-0.15, -0.1) is 20.4 Å². The van der Waals surface area contributed by atoms with Crippen LogP contribution in [0.15, 0.2) is 160 Å². The lowest BCUT2D eigenvalue weighted by Crippen LogP contribution is -2.10. The Balaban J connectivity index is 1.14. The van der Waals surface area contributed by atoms with Crippen LogP contribution < -0.4 is 9.80 Å². The number of aromatic nitrogens is 7. The summed E-state index contributed by atoms with van der Waals surface area (Å²) in [7, 11) is 4.06. The Hall–Kier alpha value is -5.78. The van der Waals surface area contributed by atoms with Gasteiger partial charge < -0.3 is 9.80 Å². The zero-order valence-electron chi connectivity index (χ0n) is 26.6. The van der Waals surface area contributed by atoms with E-state index in [4.69, 9.17) is 0 Å². The lowest BCUT2D eigenvalue weighted by atomic mass is 10.1. The Labute approximate surface area is 291 Å². The van der Waals surface area contributed by atoms with Gasteiger partial charge in [0.15, 0.2) is 6.33 Å².